The molecular weight excluding hydrogens is 324 g/mol. The normalized spacial score (nSPS) is 21.7. The van der Waals surface area contributed by atoms with E-state index in [-0.39, 0.29) is 17.2 Å². The predicted molar refractivity (Wildman–Crippen MR) is 103 cm³/mol. The van der Waals surface area contributed by atoms with Crippen molar-refractivity contribution in [3.05, 3.63) is 47.3 Å². The number of aromatic nitrogens is 2. The molecular formula is C21H28N4O. The molecule has 1 saturated heterocycles. The van der Waals surface area contributed by atoms with Crippen LogP contribution in [-0.2, 0) is 18.4 Å². The van der Waals surface area contributed by atoms with E-state index in [4.69, 9.17) is 0 Å². The Morgan fingerprint density at radius 2 is 1.92 bits per heavy atom. The summed E-state index contributed by atoms with van der Waals surface area (Å²) in [5, 5.41) is 7.39. The van der Waals surface area contributed by atoms with Crippen LogP contribution in [0.1, 0.15) is 36.0 Å². The van der Waals surface area contributed by atoms with Gasteiger partial charge in [0.25, 0.3) is 0 Å². The van der Waals surface area contributed by atoms with Gasteiger partial charge in [0.2, 0.25) is 5.91 Å². The molecule has 1 aliphatic heterocycles. The number of carbonyl (C=O) groups is 1. The number of benzene rings is 1. The van der Waals surface area contributed by atoms with Gasteiger partial charge in [-0.2, -0.15) is 5.10 Å². The van der Waals surface area contributed by atoms with Crippen molar-refractivity contribution in [3.63, 3.8) is 0 Å². The Bertz CT molecular complexity index is 797. The van der Waals surface area contributed by atoms with E-state index in [1.165, 1.54) is 16.7 Å². The van der Waals surface area contributed by atoms with Gasteiger partial charge in [0.05, 0.1) is 6.20 Å². The first kappa shape index (κ1) is 17.3. The Morgan fingerprint density at radius 1 is 1.23 bits per heavy atom. The molecule has 0 bridgehead atoms. The molecule has 1 amide bonds. The SMILES string of the molecule is Cc1cc(C)cc(NC(=O)C2CC23CCN(Cc2cnn(C)c2)CC3)c1. The summed E-state index contributed by atoms with van der Waals surface area (Å²) >= 11 is 0. The zero-order valence-corrected chi connectivity index (χ0v) is 16.0. The Hall–Kier alpha value is -2.14. The fraction of sp³-hybridized carbons (Fsp3) is 0.524. The smallest absolute Gasteiger partial charge is 0.228 e. The highest BCUT2D eigenvalue weighted by atomic mass is 16.2. The van der Waals surface area contributed by atoms with Crippen LogP contribution >= 0.6 is 0 Å². The second-order valence-electron chi connectivity index (χ2n) is 8.28. The van der Waals surface area contributed by atoms with Gasteiger partial charge in [0.1, 0.15) is 0 Å². The maximum Gasteiger partial charge on any atom is 0.228 e. The van der Waals surface area contributed by atoms with Crippen molar-refractivity contribution in [3.8, 4) is 0 Å². The molecule has 1 N–H and O–H groups in total. The molecule has 2 fully saturated rings. The van der Waals surface area contributed by atoms with Crippen molar-refractivity contribution in [2.75, 3.05) is 18.4 Å². The number of nitrogens with zero attached hydrogens (tertiary/aromatic N) is 3. The van der Waals surface area contributed by atoms with Gasteiger partial charge in [-0.1, -0.05) is 6.07 Å². The van der Waals surface area contributed by atoms with Crippen LogP contribution in [0, 0.1) is 25.2 Å². The van der Waals surface area contributed by atoms with E-state index in [2.05, 4.69) is 53.6 Å². The minimum absolute atomic E-state index is 0.184. The zero-order valence-electron chi connectivity index (χ0n) is 16.0. The number of carbonyl (C=O) groups excluding carboxylic acids is 1. The molecule has 5 nitrogen and oxygen atoms in total. The number of rotatable bonds is 4. The standard InChI is InChI=1S/C21H28N4O/c1-15-8-16(2)10-18(9-15)23-20(26)19-11-21(19)4-6-25(7-5-21)14-17-12-22-24(3)13-17/h8-10,12-13,19H,4-7,11,14H2,1-3H3,(H,23,26). The summed E-state index contributed by atoms with van der Waals surface area (Å²) in [6.07, 6.45) is 7.32. The molecule has 2 aliphatic rings. The maximum absolute atomic E-state index is 12.7. The van der Waals surface area contributed by atoms with Crippen LogP contribution in [0.3, 0.4) is 0 Å². The van der Waals surface area contributed by atoms with Crippen molar-refractivity contribution < 1.29 is 4.79 Å². The number of nitrogens with one attached hydrogen (secondary N) is 1. The van der Waals surface area contributed by atoms with E-state index in [1.54, 1.807) is 0 Å². The summed E-state index contributed by atoms with van der Waals surface area (Å²) in [4.78, 5) is 15.2. The van der Waals surface area contributed by atoms with E-state index in [9.17, 15) is 4.79 Å². The third-order valence-electron chi connectivity index (χ3n) is 6.01. The topological polar surface area (TPSA) is 50.2 Å². The Kier molecular flexibility index (Phi) is 4.35. The molecule has 5 heteroatoms. The number of likely N-dealkylation sites (tertiary alicyclic amines) is 1. The van der Waals surface area contributed by atoms with Gasteiger partial charge in [0.15, 0.2) is 0 Å². The number of aryl methyl sites for hydroxylation is 3. The number of amides is 1. The quantitative estimate of drug-likeness (QED) is 0.919. The lowest BCUT2D eigenvalue weighted by Gasteiger charge is -2.32. The summed E-state index contributed by atoms with van der Waals surface area (Å²) in [7, 11) is 1.96. The molecule has 1 aromatic heterocycles. The molecule has 2 heterocycles. The van der Waals surface area contributed by atoms with E-state index in [0.29, 0.717) is 0 Å². The Labute approximate surface area is 155 Å². The van der Waals surface area contributed by atoms with Crippen LogP contribution < -0.4 is 5.32 Å². The molecule has 4 rings (SSSR count). The largest absolute Gasteiger partial charge is 0.326 e. The van der Waals surface area contributed by atoms with Crippen molar-refractivity contribution >= 4 is 11.6 Å². The van der Waals surface area contributed by atoms with Gasteiger partial charge in [-0.15, -0.1) is 0 Å². The predicted octanol–water partition coefficient (Wildman–Crippen LogP) is 3.28. The highest BCUT2D eigenvalue weighted by molar-refractivity contribution is 5.95. The van der Waals surface area contributed by atoms with Gasteiger partial charge in [-0.25, -0.2) is 0 Å². The second kappa shape index (κ2) is 6.54. The van der Waals surface area contributed by atoms with E-state index in [1.807, 2.05) is 17.9 Å². The molecule has 2 aromatic rings. The lowest BCUT2D eigenvalue weighted by Crippen LogP contribution is -2.35. The second-order valence-corrected chi connectivity index (χ2v) is 8.28. The summed E-state index contributed by atoms with van der Waals surface area (Å²) < 4.78 is 1.86. The first-order valence-corrected chi connectivity index (χ1v) is 9.53. The minimum atomic E-state index is 0.184. The fourth-order valence-electron chi connectivity index (χ4n) is 4.52. The Morgan fingerprint density at radius 3 is 2.54 bits per heavy atom. The maximum atomic E-state index is 12.7. The summed E-state index contributed by atoms with van der Waals surface area (Å²) in [5.74, 6) is 0.388. The highest BCUT2D eigenvalue weighted by Crippen LogP contribution is 2.59. The van der Waals surface area contributed by atoms with E-state index >= 15 is 0 Å². The van der Waals surface area contributed by atoms with Crippen molar-refractivity contribution in [2.24, 2.45) is 18.4 Å². The molecule has 0 radical (unpaired) electrons. The first-order chi connectivity index (χ1) is 12.4. The average molecular weight is 352 g/mol. The van der Waals surface area contributed by atoms with Crippen molar-refractivity contribution in [1.29, 1.82) is 0 Å². The average Bonchev–Trinajstić information content (AvgIpc) is 3.13. The molecule has 1 unspecified atom stereocenters. The van der Waals surface area contributed by atoms with Crippen LogP contribution in [0.15, 0.2) is 30.6 Å². The van der Waals surface area contributed by atoms with Gasteiger partial charge < -0.3 is 5.32 Å². The van der Waals surface area contributed by atoms with Crippen LogP contribution in [0.25, 0.3) is 0 Å². The molecule has 26 heavy (non-hydrogen) atoms. The van der Waals surface area contributed by atoms with Gasteiger partial charge >= 0.3 is 0 Å². The third-order valence-corrected chi connectivity index (χ3v) is 6.01. The fourth-order valence-corrected chi connectivity index (χ4v) is 4.52. The van der Waals surface area contributed by atoms with Crippen LogP contribution in [0.5, 0.6) is 0 Å². The molecule has 138 valence electrons. The van der Waals surface area contributed by atoms with Gasteiger partial charge in [-0.05, 0) is 74.9 Å². The number of hydrogen-bond donors (Lipinski definition) is 1. The summed E-state index contributed by atoms with van der Waals surface area (Å²) in [6, 6.07) is 6.24. The number of piperidine rings is 1. The van der Waals surface area contributed by atoms with Gasteiger partial charge in [-0.3, -0.25) is 14.4 Å². The van der Waals surface area contributed by atoms with Crippen molar-refractivity contribution in [1.82, 2.24) is 14.7 Å². The Balaban J connectivity index is 1.31. The van der Waals surface area contributed by atoms with Crippen LogP contribution in [-0.4, -0.2) is 33.7 Å². The molecule has 1 saturated carbocycles. The summed E-state index contributed by atoms with van der Waals surface area (Å²) in [6.45, 7) is 7.24. The highest BCUT2D eigenvalue weighted by Gasteiger charge is 2.58. The van der Waals surface area contributed by atoms with Crippen LogP contribution in [0.4, 0.5) is 5.69 Å². The van der Waals surface area contributed by atoms with Crippen molar-refractivity contribution in [2.45, 2.75) is 39.7 Å². The lowest BCUT2D eigenvalue weighted by atomic mass is 9.90. The minimum Gasteiger partial charge on any atom is -0.326 e. The molecule has 1 atom stereocenters. The number of hydrogen-bond acceptors (Lipinski definition) is 3. The molecule has 1 spiro atoms. The van der Waals surface area contributed by atoms with Crippen LogP contribution in [0.2, 0.25) is 0 Å². The monoisotopic (exact) mass is 352 g/mol. The van der Waals surface area contributed by atoms with E-state index < -0.39 is 0 Å². The zero-order chi connectivity index (χ0) is 18.3. The summed E-state index contributed by atoms with van der Waals surface area (Å²) in [5.41, 5.74) is 4.82. The third kappa shape index (κ3) is 3.54. The number of anilines is 1. The van der Waals surface area contributed by atoms with E-state index in [0.717, 1.165) is 44.6 Å². The first-order valence-electron chi connectivity index (χ1n) is 9.53. The molecule has 1 aromatic carbocycles. The lowest BCUT2D eigenvalue weighted by molar-refractivity contribution is -0.118. The molecule has 1 aliphatic carbocycles. The van der Waals surface area contributed by atoms with Gasteiger partial charge in [0, 0.05) is 37.0 Å².